The summed E-state index contributed by atoms with van der Waals surface area (Å²) in [6.45, 7) is 3.72. The summed E-state index contributed by atoms with van der Waals surface area (Å²) in [5, 5.41) is 3.06. The lowest BCUT2D eigenvalue weighted by Gasteiger charge is -2.18. The molecule has 0 amide bonds. The fraction of sp³-hybridized carbons (Fsp3) is 0.533. The summed E-state index contributed by atoms with van der Waals surface area (Å²) in [4.78, 5) is 4.28. The second-order valence-electron chi connectivity index (χ2n) is 4.86. The van der Waals surface area contributed by atoms with E-state index >= 15 is 0 Å². The Morgan fingerprint density at radius 2 is 1.86 bits per heavy atom. The van der Waals surface area contributed by atoms with E-state index in [-0.39, 0.29) is 17.8 Å². The van der Waals surface area contributed by atoms with E-state index in [1.165, 1.54) is 18.2 Å². The van der Waals surface area contributed by atoms with Crippen LogP contribution in [-0.4, -0.2) is 38.3 Å². The van der Waals surface area contributed by atoms with E-state index in [4.69, 9.17) is 9.47 Å². The fourth-order valence-corrected chi connectivity index (χ4v) is 1.92. The van der Waals surface area contributed by atoms with Gasteiger partial charge in [0.05, 0.1) is 12.2 Å². The quantitative estimate of drug-likeness (QED) is 0.567. The van der Waals surface area contributed by atoms with Gasteiger partial charge in [-0.1, -0.05) is 17.3 Å². The third kappa shape index (κ3) is 5.55. The van der Waals surface area contributed by atoms with E-state index in [0.717, 1.165) is 7.11 Å². The largest absolute Gasteiger partial charge is 0.491 e. The van der Waals surface area contributed by atoms with E-state index in [1.807, 2.05) is 13.8 Å². The molecule has 1 aromatic rings. The summed E-state index contributed by atoms with van der Waals surface area (Å²) in [6.07, 6.45) is -4.18. The minimum atomic E-state index is -4.61. The second kappa shape index (κ2) is 8.03. The molecule has 0 fully saturated rings. The van der Waals surface area contributed by atoms with Gasteiger partial charge in [0.2, 0.25) is 0 Å². The Balaban J connectivity index is 2.92. The van der Waals surface area contributed by atoms with Gasteiger partial charge in [0.1, 0.15) is 12.9 Å². The van der Waals surface area contributed by atoms with Gasteiger partial charge >= 0.3 is 6.18 Å². The smallest absolute Gasteiger partial charge is 0.437 e. The van der Waals surface area contributed by atoms with Gasteiger partial charge in [-0.3, -0.25) is 0 Å². The summed E-state index contributed by atoms with van der Waals surface area (Å²) in [7, 11) is 2.66. The zero-order valence-corrected chi connectivity index (χ0v) is 13.0. The lowest BCUT2D eigenvalue weighted by Crippen LogP contribution is -2.24. The summed E-state index contributed by atoms with van der Waals surface area (Å²) < 4.78 is 49.6. The van der Waals surface area contributed by atoms with E-state index in [0.29, 0.717) is 12.2 Å². The molecule has 2 atom stereocenters. The Bertz CT molecular complexity index is 503. The highest BCUT2D eigenvalue weighted by Crippen LogP contribution is 2.25. The number of methoxy groups -OCH3 is 1. The molecule has 124 valence electrons. The molecule has 0 aliphatic carbocycles. The molecule has 2 unspecified atom stereocenters. The fourth-order valence-electron chi connectivity index (χ4n) is 1.92. The first-order chi connectivity index (χ1) is 10.3. The standard InChI is InChI=1S/C15H20F3NO3/c1-10(20-3)8-11(2)22-13-7-5-6-12(9-13)14(19-21-4)15(16,17)18/h5-7,9-11H,8H2,1-4H3. The number of benzene rings is 1. The van der Waals surface area contributed by atoms with Crippen molar-refractivity contribution >= 4 is 5.71 Å². The van der Waals surface area contributed by atoms with Gasteiger partial charge in [0.15, 0.2) is 5.71 Å². The van der Waals surface area contributed by atoms with Crippen molar-refractivity contribution in [2.24, 2.45) is 5.16 Å². The number of rotatable bonds is 7. The van der Waals surface area contributed by atoms with Crippen molar-refractivity contribution in [2.75, 3.05) is 14.2 Å². The predicted octanol–water partition coefficient (Wildman–Crippen LogP) is 3.79. The van der Waals surface area contributed by atoms with Crippen molar-refractivity contribution in [3.8, 4) is 5.75 Å². The van der Waals surface area contributed by atoms with Crippen molar-refractivity contribution in [1.82, 2.24) is 0 Å². The van der Waals surface area contributed by atoms with Gasteiger partial charge in [-0.15, -0.1) is 0 Å². The Morgan fingerprint density at radius 3 is 2.41 bits per heavy atom. The van der Waals surface area contributed by atoms with E-state index in [2.05, 4.69) is 9.99 Å². The van der Waals surface area contributed by atoms with Gasteiger partial charge in [-0.2, -0.15) is 13.2 Å². The van der Waals surface area contributed by atoms with Crippen LogP contribution >= 0.6 is 0 Å². The lowest BCUT2D eigenvalue weighted by molar-refractivity contribution is -0.0607. The molecule has 22 heavy (non-hydrogen) atoms. The minimum Gasteiger partial charge on any atom is -0.491 e. The lowest BCUT2D eigenvalue weighted by atomic mass is 10.1. The molecule has 0 spiro atoms. The van der Waals surface area contributed by atoms with E-state index < -0.39 is 11.9 Å². The van der Waals surface area contributed by atoms with Crippen molar-refractivity contribution in [1.29, 1.82) is 0 Å². The van der Waals surface area contributed by atoms with Crippen LogP contribution in [0.3, 0.4) is 0 Å². The third-order valence-electron chi connectivity index (χ3n) is 2.96. The topological polar surface area (TPSA) is 40.0 Å². The van der Waals surface area contributed by atoms with E-state index in [1.54, 1.807) is 13.2 Å². The van der Waals surface area contributed by atoms with Crippen LogP contribution < -0.4 is 4.74 Å². The van der Waals surface area contributed by atoms with Crippen molar-refractivity contribution in [3.05, 3.63) is 29.8 Å². The maximum Gasteiger partial charge on any atom is 0.437 e. The van der Waals surface area contributed by atoms with Gasteiger partial charge in [-0.05, 0) is 26.0 Å². The molecule has 1 aromatic carbocycles. The first kappa shape index (κ1) is 18.3. The normalized spacial score (nSPS) is 15.3. The molecule has 0 saturated carbocycles. The molecule has 0 saturated heterocycles. The monoisotopic (exact) mass is 319 g/mol. The highest BCUT2D eigenvalue weighted by Gasteiger charge is 2.38. The van der Waals surface area contributed by atoms with Crippen LogP contribution in [0.5, 0.6) is 5.75 Å². The second-order valence-corrected chi connectivity index (χ2v) is 4.86. The van der Waals surface area contributed by atoms with Gasteiger partial charge in [0.25, 0.3) is 0 Å². The maximum absolute atomic E-state index is 12.9. The molecule has 4 nitrogen and oxygen atoms in total. The average molecular weight is 319 g/mol. The molecule has 0 N–H and O–H groups in total. The summed E-state index contributed by atoms with van der Waals surface area (Å²) >= 11 is 0. The summed E-state index contributed by atoms with van der Waals surface area (Å²) in [5.74, 6) is 0.335. The molecule has 0 bridgehead atoms. The molecule has 1 rings (SSSR count). The summed E-state index contributed by atoms with van der Waals surface area (Å²) in [6, 6.07) is 5.67. The molecule has 0 aliphatic heterocycles. The maximum atomic E-state index is 12.9. The number of alkyl halides is 3. The van der Waals surface area contributed by atoms with Crippen molar-refractivity contribution in [2.45, 2.75) is 38.7 Å². The first-order valence-electron chi connectivity index (χ1n) is 6.76. The Labute approximate surface area is 127 Å². The molecule has 0 radical (unpaired) electrons. The van der Waals surface area contributed by atoms with Crippen LogP contribution in [0.2, 0.25) is 0 Å². The van der Waals surface area contributed by atoms with Crippen LogP contribution in [0.15, 0.2) is 29.4 Å². The molecule has 7 heteroatoms. The van der Waals surface area contributed by atoms with Crippen LogP contribution in [0.4, 0.5) is 13.2 Å². The minimum absolute atomic E-state index is 0.000951. The summed E-state index contributed by atoms with van der Waals surface area (Å²) in [5.41, 5.74) is -1.21. The molecular weight excluding hydrogens is 299 g/mol. The zero-order valence-electron chi connectivity index (χ0n) is 13.0. The number of oxime groups is 1. The molecule has 0 heterocycles. The number of hydrogen-bond donors (Lipinski definition) is 0. The Morgan fingerprint density at radius 1 is 1.18 bits per heavy atom. The van der Waals surface area contributed by atoms with Crippen molar-refractivity contribution in [3.63, 3.8) is 0 Å². The molecule has 0 aliphatic rings. The van der Waals surface area contributed by atoms with Crippen LogP contribution in [0, 0.1) is 0 Å². The number of hydrogen-bond acceptors (Lipinski definition) is 4. The average Bonchev–Trinajstić information content (AvgIpc) is 2.43. The number of halogens is 3. The van der Waals surface area contributed by atoms with Gasteiger partial charge < -0.3 is 14.3 Å². The molecular formula is C15H20F3NO3. The molecule has 0 aromatic heterocycles. The van der Waals surface area contributed by atoms with Crippen LogP contribution in [0.1, 0.15) is 25.8 Å². The number of nitrogens with zero attached hydrogens (tertiary/aromatic N) is 1. The predicted molar refractivity (Wildman–Crippen MR) is 77.2 cm³/mol. The van der Waals surface area contributed by atoms with Crippen LogP contribution in [0.25, 0.3) is 0 Å². The Kier molecular flexibility index (Phi) is 6.67. The van der Waals surface area contributed by atoms with Crippen LogP contribution in [-0.2, 0) is 9.57 Å². The highest BCUT2D eigenvalue weighted by molar-refractivity contribution is 6.04. The SMILES string of the molecule is CON=C(c1cccc(OC(C)CC(C)OC)c1)C(F)(F)F. The van der Waals surface area contributed by atoms with Crippen molar-refractivity contribution < 1.29 is 27.5 Å². The Hall–Kier alpha value is -1.76. The third-order valence-corrected chi connectivity index (χ3v) is 2.96. The number of ether oxygens (including phenoxy) is 2. The zero-order chi connectivity index (χ0) is 16.8. The van der Waals surface area contributed by atoms with E-state index in [9.17, 15) is 13.2 Å². The van der Waals surface area contributed by atoms with Gasteiger partial charge in [-0.25, -0.2) is 0 Å². The first-order valence-corrected chi connectivity index (χ1v) is 6.76. The van der Waals surface area contributed by atoms with Gasteiger partial charge in [0, 0.05) is 19.1 Å². The highest BCUT2D eigenvalue weighted by atomic mass is 19.4.